The van der Waals surface area contributed by atoms with Gasteiger partial charge in [0, 0.05) is 25.9 Å². The van der Waals surface area contributed by atoms with Crippen molar-refractivity contribution < 1.29 is 18.4 Å². The molecule has 1 aromatic heterocycles. The second kappa shape index (κ2) is 7.04. The standard InChI is InChI=1S/C18H20FN3O3/c1-3-15-20-11(2)17(25-15)18(24)21-14-8-16(23)22(10-14)9-12-5-4-6-13(19)7-12/h4-7,14H,3,8-10H2,1-2H3,(H,21,24)/t14-/m0/s1. The van der Waals surface area contributed by atoms with Gasteiger partial charge >= 0.3 is 0 Å². The summed E-state index contributed by atoms with van der Waals surface area (Å²) in [5, 5.41) is 2.82. The van der Waals surface area contributed by atoms with Crippen LogP contribution in [0.1, 0.15) is 41.0 Å². The Kier molecular flexibility index (Phi) is 4.83. The minimum atomic E-state index is -0.366. The maximum Gasteiger partial charge on any atom is 0.289 e. The smallest absolute Gasteiger partial charge is 0.289 e. The molecule has 3 rings (SSSR count). The molecule has 1 atom stereocenters. The Hall–Kier alpha value is -2.70. The summed E-state index contributed by atoms with van der Waals surface area (Å²) in [6, 6.07) is 5.85. The first-order valence-corrected chi connectivity index (χ1v) is 8.25. The molecule has 1 fully saturated rings. The first-order valence-electron chi connectivity index (χ1n) is 8.25. The van der Waals surface area contributed by atoms with Crippen LogP contribution in [0.3, 0.4) is 0 Å². The zero-order valence-electron chi connectivity index (χ0n) is 14.2. The topological polar surface area (TPSA) is 75.4 Å². The third-order valence-electron chi connectivity index (χ3n) is 4.16. The normalized spacial score (nSPS) is 17.2. The summed E-state index contributed by atoms with van der Waals surface area (Å²) in [5.74, 6) is -0.0690. The van der Waals surface area contributed by atoms with Crippen LogP contribution in [0.4, 0.5) is 4.39 Å². The predicted molar refractivity (Wildman–Crippen MR) is 88.3 cm³/mol. The van der Waals surface area contributed by atoms with Gasteiger partial charge in [0.2, 0.25) is 11.7 Å². The molecule has 0 radical (unpaired) electrons. The lowest BCUT2D eigenvalue weighted by molar-refractivity contribution is -0.128. The fourth-order valence-corrected chi connectivity index (χ4v) is 2.94. The van der Waals surface area contributed by atoms with Crippen LogP contribution in [0.25, 0.3) is 0 Å². The number of carbonyl (C=O) groups is 2. The number of oxazole rings is 1. The Bertz CT molecular complexity index is 803. The highest BCUT2D eigenvalue weighted by Gasteiger charge is 2.31. The highest BCUT2D eigenvalue weighted by atomic mass is 19.1. The van der Waals surface area contributed by atoms with Gasteiger partial charge in [-0.1, -0.05) is 19.1 Å². The first kappa shape index (κ1) is 17.1. The average molecular weight is 345 g/mol. The zero-order chi connectivity index (χ0) is 18.0. The third-order valence-corrected chi connectivity index (χ3v) is 4.16. The van der Waals surface area contributed by atoms with E-state index in [1.54, 1.807) is 24.0 Å². The van der Waals surface area contributed by atoms with E-state index in [4.69, 9.17) is 4.42 Å². The molecule has 0 aliphatic carbocycles. The SMILES string of the molecule is CCc1nc(C)c(C(=O)N[C@H]2CC(=O)N(Cc3cccc(F)c3)C2)o1. The van der Waals surface area contributed by atoms with E-state index in [9.17, 15) is 14.0 Å². The maximum atomic E-state index is 13.3. The molecule has 0 spiro atoms. The maximum absolute atomic E-state index is 13.3. The molecule has 2 amide bonds. The van der Waals surface area contributed by atoms with E-state index in [0.29, 0.717) is 31.1 Å². The lowest BCUT2D eigenvalue weighted by Gasteiger charge is -2.17. The summed E-state index contributed by atoms with van der Waals surface area (Å²) < 4.78 is 18.7. The van der Waals surface area contributed by atoms with E-state index in [1.165, 1.54) is 12.1 Å². The number of halogens is 1. The van der Waals surface area contributed by atoms with Gasteiger partial charge in [0.15, 0.2) is 5.89 Å². The Morgan fingerprint density at radius 3 is 2.96 bits per heavy atom. The number of aryl methyl sites for hydroxylation is 2. The molecule has 2 aromatic rings. The Balaban J connectivity index is 1.62. The van der Waals surface area contributed by atoms with Crippen molar-refractivity contribution in [3.05, 3.63) is 53.0 Å². The van der Waals surface area contributed by atoms with Gasteiger partial charge in [-0.2, -0.15) is 0 Å². The van der Waals surface area contributed by atoms with Gasteiger partial charge in [-0.25, -0.2) is 9.37 Å². The van der Waals surface area contributed by atoms with Crippen LogP contribution in [-0.2, 0) is 17.8 Å². The number of amides is 2. The molecule has 1 aliphatic rings. The van der Waals surface area contributed by atoms with Gasteiger partial charge in [0.05, 0.1) is 11.7 Å². The molecule has 7 heteroatoms. The minimum absolute atomic E-state index is 0.0712. The largest absolute Gasteiger partial charge is 0.435 e. The summed E-state index contributed by atoms with van der Waals surface area (Å²) in [5.41, 5.74) is 1.26. The number of likely N-dealkylation sites (tertiary alicyclic amines) is 1. The van der Waals surface area contributed by atoms with Gasteiger partial charge in [-0.05, 0) is 24.6 Å². The van der Waals surface area contributed by atoms with Crippen LogP contribution in [0.5, 0.6) is 0 Å². The van der Waals surface area contributed by atoms with Crippen LogP contribution in [0, 0.1) is 12.7 Å². The van der Waals surface area contributed by atoms with Crippen LogP contribution in [0.15, 0.2) is 28.7 Å². The Morgan fingerprint density at radius 1 is 1.48 bits per heavy atom. The molecule has 0 unspecified atom stereocenters. The van der Waals surface area contributed by atoms with E-state index in [-0.39, 0.29) is 35.9 Å². The number of nitrogens with one attached hydrogen (secondary N) is 1. The van der Waals surface area contributed by atoms with Gasteiger partial charge in [-0.15, -0.1) is 0 Å². The highest BCUT2D eigenvalue weighted by Crippen LogP contribution is 2.17. The van der Waals surface area contributed by atoms with Gasteiger partial charge < -0.3 is 14.6 Å². The minimum Gasteiger partial charge on any atom is -0.435 e. The molecule has 2 heterocycles. The fourth-order valence-electron chi connectivity index (χ4n) is 2.94. The molecule has 25 heavy (non-hydrogen) atoms. The van der Waals surface area contributed by atoms with Crippen molar-refractivity contribution in [1.29, 1.82) is 0 Å². The molecule has 1 N–H and O–H groups in total. The molecule has 1 aromatic carbocycles. The van der Waals surface area contributed by atoms with E-state index in [2.05, 4.69) is 10.3 Å². The number of hydrogen-bond acceptors (Lipinski definition) is 4. The fraction of sp³-hybridized carbons (Fsp3) is 0.389. The Morgan fingerprint density at radius 2 is 2.28 bits per heavy atom. The second-order valence-electron chi connectivity index (χ2n) is 6.15. The lowest BCUT2D eigenvalue weighted by Crippen LogP contribution is -2.37. The summed E-state index contributed by atoms with van der Waals surface area (Å²) in [6.07, 6.45) is 0.826. The number of carbonyl (C=O) groups excluding carboxylic acids is 2. The van der Waals surface area contributed by atoms with Gasteiger partial charge in [-0.3, -0.25) is 9.59 Å². The molecule has 6 nitrogen and oxygen atoms in total. The lowest BCUT2D eigenvalue weighted by atomic mass is 10.2. The highest BCUT2D eigenvalue weighted by molar-refractivity contribution is 5.93. The summed E-state index contributed by atoms with van der Waals surface area (Å²) in [4.78, 5) is 30.3. The summed E-state index contributed by atoms with van der Waals surface area (Å²) in [7, 11) is 0. The van der Waals surface area contributed by atoms with Crippen molar-refractivity contribution in [2.45, 2.75) is 39.3 Å². The van der Waals surface area contributed by atoms with Crippen molar-refractivity contribution in [3.8, 4) is 0 Å². The quantitative estimate of drug-likeness (QED) is 0.901. The number of rotatable bonds is 5. The van der Waals surface area contributed by atoms with Crippen LogP contribution in [-0.4, -0.2) is 34.3 Å². The van der Waals surface area contributed by atoms with Crippen molar-refractivity contribution in [2.24, 2.45) is 0 Å². The monoisotopic (exact) mass is 345 g/mol. The Labute approximate surface area is 145 Å². The van der Waals surface area contributed by atoms with E-state index in [0.717, 1.165) is 5.56 Å². The number of hydrogen-bond donors (Lipinski definition) is 1. The second-order valence-corrected chi connectivity index (χ2v) is 6.15. The van der Waals surface area contributed by atoms with Crippen LogP contribution >= 0.6 is 0 Å². The van der Waals surface area contributed by atoms with Gasteiger partial charge in [0.25, 0.3) is 5.91 Å². The van der Waals surface area contributed by atoms with Crippen LogP contribution < -0.4 is 5.32 Å². The zero-order valence-corrected chi connectivity index (χ0v) is 14.2. The first-order chi connectivity index (χ1) is 12.0. The van der Waals surface area contributed by atoms with E-state index in [1.807, 2.05) is 6.92 Å². The van der Waals surface area contributed by atoms with Crippen molar-refractivity contribution in [2.75, 3.05) is 6.54 Å². The number of aromatic nitrogens is 1. The summed E-state index contributed by atoms with van der Waals surface area (Å²) in [6.45, 7) is 4.32. The van der Waals surface area contributed by atoms with E-state index >= 15 is 0 Å². The number of benzene rings is 1. The third kappa shape index (κ3) is 3.87. The summed E-state index contributed by atoms with van der Waals surface area (Å²) >= 11 is 0. The molecule has 132 valence electrons. The predicted octanol–water partition coefficient (Wildman–Crippen LogP) is 2.22. The van der Waals surface area contributed by atoms with Gasteiger partial charge in [0.1, 0.15) is 5.82 Å². The molecule has 1 saturated heterocycles. The molecule has 0 bridgehead atoms. The molecular weight excluding hydrogens is 325 g/mol. The molecule has 1 aliphatic heterocycles. The van der Waals surface area contributed by atoms with E-state index < -0.39 is 0 Å². The average Bonchev–Trinajstić information content (AvgIpc) is 3.10. The number of nitrogens with zero attached hydrogens (tertiary/aromatic N) is 2. The molecule has 0 saturated carbocycles. The van der Waals surface area contributed by atoms with Crippen molar-refractivity contribution >= 4 is 11.8 Å². The van der Waals surface area contributed by atoms with Crippen LogP contribution in [0.2, 0.25) is 0 Å². The molecular formula is C18H20FN3O3. The van der Waals surface area contributed by atoms with Crippen molar-refractivity contribution in [1.82, 2.24) is 15.2 Å². The van der Waals surface area contributed by atoms with Crippen molar-refractivity contribution in [3.63, 3.8) is 0 Å².